The lowest BCUT2D eigenvalue weighted by molar-refractivity contribution is 0.594. The molecule has 1 aromatic carbocycles. The summed E-state index contributed by atoms with van der Waals surface area (Å²) in [6, 6.07) is 6.24. The van der Waals surface area contributed by atoms with E-state index in [1.54, 1.807) is 12.1 Å². The third kappa shape index (κ3) is 3.32. The number of rotatable bonds is 4. The maximum absolute atomic E-state index is 12.1. The summed E-state index contributed by atoms with van der Waals surface area (Å²) in [6.07, 6.45) is 0.952. The molecule has 7 nitrogen and oxygen atoms in total. The van der Waals surface area contributed by atoms with Crippen molar-refractivity contribution in [1.29, 1.82) is 0 Å². The fraction of sp³-hybridized carbons (Fsp3) is 0.200. The average Bonchev–Trinajstić information content (AvgIpc) is 2.77. The molecule has 0 unspecified atom stereocenters. The molecule has 1 heterocycles. The maximum Gasteiger partial charge on any atom is 0.263 e. The molecule has 0 saturated carbocycles. The van der Waals surface area contributed by atoms with E-state index >= 15 is 0 Å². The number of nitrogens with one attached hydrogen (secondary N) is 1. The van der Waals surface area contributed by atoms with E-state index in [0.717, 1.165) is 11.8 Å². The van der Waals surface area contributed by atoms with Crippen molar-refractivity contribution in [3.05, 3.63) is 29.8 Å². The first-order valence-electron chi connectivity index (χ1n) is 5.32. The highest BCUT2D eigenvalue weighted by molar-refractivity contribution is 7.93. The summed E-state index contributed by atoms with van der Waals surface area (Å²) in [5, 5.41) is -0.491. The zero-order chi connectivity index (χ0) is 15.0. The minimum atomic E-state index is -3.80. The molecular weight excluding hydrogens is 322 g/mol. The smallest absolute Gasteiger partial charge is 0.253 e. The fourth-order valence-corrected chi connectivity index (χ4v) is 3.96. The van der Waals surface area contributed by atoms with Gasteiger partial charge in [0.15, 0.2) is 0 Å². The number of sulfonamides is 1. The van der Waals surface area contributed by atoms with Gasteiger partial charge in [0.05, 0.1) is 4.90 Å². The van der Waals surface area contributed by atoms with Crippen LogP contribution in [0.15, 0.2) is 34.3 Å². The molecule has 0 fully saturated rings. The van der Waals surface area contributed by atoms with Crippen LogP contribution in [-0.4, -0.2) is 32.4 Å². The van der Waals surface area contributed by atoms with Crippen molar-refractivity contribution in [2.24, 2.45) is 0 Å². The number of nitrogens with zero attached hydrogens (tertiary/aromatic N) is 2. The van der Waals surface area contributed by atoms with Crippen LogP contribution in [-0.2, 0) is 19.9 Å². The van der Waals surface area contributed by atoms with Gasteiger partial charge in [-0.25, -0.2) is 16.8 Å². The van der Waals surface area contributed by atoms with Crippen LogP contribution in [0, 0.1) is 6.92 Å². The third-order valence-electron chi connectivity index (χ3n) is 2.29. The molecule has 0 atom stereocenters. The Hall–Kier alpha value is -1.52. The molecule has 0 aliphatic carbocycles. The van der Waals surface area contributed by atoms with Gasteiger partial charge < -0.3 is 0 Å². The minimum absolute atomic E-state index is 0.0687. The monoisotopic (exact) mass is 333 g/mol. The molecule has 2 aromatic rings. The van der Waals surface area contributed by atoms with Crippen molar-refractivity contribution in [2.45, 2.75) is 17.0 Å². The molecule has 20 heavy (non-hydrogen) atoms. The second-order valence-corrected chi connectivity index (χ2v) is 8.42. The molecular formula is C10H11N3O4S3. The normalized spacial score (nSPS) is 12.3. The van der Waals surface area contributed by atoms with Gasteiger partial charge in [0, 0.05) is 17.8 Å². The Morgan fingerprint density at radius 1 is 1.10 bits per heavy atom. The zero-order valence-electron chi connectivity index (χ0n) is 10.6. The number of anilines is 1. The Bertz CT molecular complexity index is 823. The first-order chi connectivity index (χ1) is 9.18. The van der Waals surface area contributed by atoms with Crippen LogP contribution in [0.4, 0.5) is 5.13 Å². The van der Waals surface area contributed by atoms with Crippen molar-refractivity contribution < 1.29 is 16.8 Å². The Morgan fingerprint density at radius 2 is 1.70 bits per heavy atom. The Kier molecular flexibility index (Phi) is 3.80. The number of hydrogen-bond donors (Lipinski definition) is 1. The molecule has 0 radical (unpaired) electrons. The van der Waals surface area contributed by atoms with Crippen molar-refractivity contribution in [3.8, 4) is 0 Å². The van der Waals surface area contributed by atoms with E-state index in [0.29, 0.717) is 11.5 Å². The number of aromatic nitrogens is 2. The SMILES string of the molecule is Cc1ccc(S(=O)(=O)Nc2nc(S(C)(=O)=O)ns2)cc1. The summed E-state index contributed by atoms with van der Waals surface area (Å²) in [5.74, 6) is 0. The van der Waals surface area contributed by atoms with E-state index < -0.39 is 25.0 Å². The maximum atomic E-state index is 12.1. The Labute approximate surface area is 120 Å². The fourth-order valence-electron chi connectivity index (χ4n) is 1.29. The molecule has 10 heteroatoms. The molecule has 0 aliphatic heterocycles. The number of sulfone groups is 1. The molecule has 0 spiro atoms. The quantitative estimate of drug-likeness (QED) is 0.896. The van der Waals surface area contributed by atoms with E-state index in [1.807, 2.05) is 6.92 Å². The topological polar surface area (TPSA) is 106 Å². The summed E-state index contributed by atoms with van der Waals surface area (Å²) in [5.41, 5.74) is 0.930. The van der Waals surface area contributed by atoms with Gasteiger partial charge in [0.2, 0.25) is 15.0 Å². The molecule has 108 valence electrons. The minimum Gasteiger partial charge on any atom is -0.253 e. The van der Waals surface area contributed by atoms with Crippen molar-refractivity contribution >= 4 is 36.5 Å². The van der Waals surface area contributed by atoms with E-state index in [4.69, 9.17) is 0 Å². The van der Waals surface area contributed by atoms with Gasteiger partial charge in [-0.05, 0) is 19.1 Å². The van der Waals surface area contributed by atoms with E-state index in [-0.39, 0.29) is 10.0 Å². The van der Waals surface area contributed by atoms with Gasteiger partial charge in [0.25, 0.3) is 15.2 Å². The Morgan fingerprint density at radius 3 is 2.20 bits per heavy atom. The summed E-state index contributed by atoms with van der Waals surface area (Å²) in [7, 11) is -7.35. The van der Waals surface area contributed by atoms with Gasteiger partial charge in [-0.1, -0.05) is 17.7 Å². The summed E-state index contributed by atoms with van der Waals surface area (Å²) in [6.45, 7) is 1.84. The standard InChI is InChI=1S/C10H11N3O4S3/c1-7-3-5-8(6-4-7)20(16,17)13-9-11-10(12-18-9)19(2,14)15/h3-6H,1-2H3,(H,11,12,13). The number of benzene rings is 1. The van der Waals surface area contributed by atoms with E-state index in [2.05, 4.69) is 14.1 Å². The van der Waals surface area contributed by atoms with Crippen molar-refractivity contribution in [3.63, 3.8) is 0 Å². The van der Waals surface area contributed by atoms with Crippen LogP contribution >= 0.6 is 11.5 Å². The summed E-state index contributed by atoms with van der Waals surface area (Å²) >= 11 is 0.671. The highest BCUT2D eigenvalue weighted by atomic mass is 32.2. The third-order valence-corrected chi connectivity index (χ3v) is 5.37. The first kappa shape index (κ1) is 14.9. The predicted molar refractivity (Wildman–Crippen MR) is 75.0 cm³/mol. The first-order valence-corrected chi connectivity index (χ1v) is 9.46. The molecule has 0 amide bonds. The molecule has 2 rings (SSSR count). The number of hydrogen-bond acceptors (Lipinski definition) is 7. The summed E-state index contributed by atoms with van der Waals surface area (Å²) in [4.78, 5) is 3.71. The molecule has 0 aliphatic rings. The lowest BCUT2D eigenvalue weighted by Gasteiger charge is -2.04. The van der Waals surface area contributed by atoms with Crippen LogP contribution in [0.25, 0.3) is 0 Å². The van der Waals surface area contributed by atoms with Crippen LogP contribution in [0.5, 0.6) is 0 Å². The predicted octanol–water partition coefficient (Wildman–Crippen LogP) is 1.05. The largest absolute Gasteiger partial charge is 0.263 e. The van der Waals surface area contributed by atoms with Gasteiger partial charge >= 0.3 is 0 Å². The second kappa shape index (κ2) is 5.11. The average molecular weight is 333 g/mol. The number of aryl methyl sites for hydroxylation is 1. The van der Waals surface area contributed by atoms with E-state index in [9.17, 15) is 16.8 Å². The van der Waals surface area contributed by atoms with Crippen LogP contribution in [0.2, 0.25) is 0 Å². The van der Waals surface area contributed by atoms with Gasteiger partial charge in [-0.15, -0.1) is 0 Å². The molecule has 0 bridgehead atoms. The van der Waals surface area contributed by atoms with Gasteiger partial charge in [0.1, 0.15) is 0 Å². The lowest BCUT2D eigenvalue weighted by Crippen LogP contribution is -2.13. The highest BCUT2D eigenvalue weighted by Crippen LogP contribution is 2.19. The van der Waals surface area contributed by atoms with Gasteiger partial charge in [-0.2, -0.15) is 9.36 Å². The zero-order valence-corrected chi connectivity index (χ0v) is 13.0. The summed E-state index contributed by atoms with van der Waals surface area (Å²) < 4.78 is 52.3. The molecule has 1 N–H and O–H groups in total. The van der Waals surface area contributed by atoms with Crippen LogP contribution in [0.3, 0.4) is 0 Å². The molecule has 1 aromatic heterocycles. The van der Waals surface area contributed by atoms with E-state index in [1.165, 1.54) is 12.1 Å². The lowest BCUT2D eigenvalue weighted by atomic mass is 10.2. The highest BCUT2D eigenvalue weighted by Gasteiger charge is 2.19. The second-order valence-electron chi connectivity index (χ2n) is 4.07. The van der Waals surface area contributed by atoms with Crippen LogP contribution < -0.4 is 4.72 Å². The van der Waals surface area contributed by atoms with Crippen LogP contribution in [0.1, 0.15) is 5.56 Å². The van der Waals surface area contributed by atoms with Crippen molar-refractivity contribution in [2.75, 3.05) is 11.0 Å². The Balaban J connectivity index is 2.29. The van der Waals surface area contributed by atoms with Crippen molar-refractivity contribution in [1.82, 2.24) is 9.36 Å². The molecule has 0 saturated heterocycles. The van der Waals surface area contributed by atoms with Gasteiger partial charge in [-0.3, -0.25) is 4.72 Å².